The Kier molecular flexibility index (Phi) is 5.41. The van der Waals surface area contributed by atoms with Gasteiger partial charge in [0, 0.05) is 19.5 Å². The van der Waals surface area contributed by atoms with E-state index in [0.29, 0.717) is 13.1 Å². The molecule has 0 aromatic heterocycles. The number of carbonyl (C=O) groups excluding carboxylic acids is 2. The zero-order valence-electron chi connectivity index (χ0n) is 13.4. The predicted octanol–water partition coefficient (Wildman–Crippen LogP) is 0.896. The SMILES string of the molecule is Cc1ccc(S(=O)(=O)CCCC(=O)N2CCNC(=O)C2C)cc1. The third-order valence-electron chi connectivity index (χ3n) is 4.00. The molecule has 0 aliphatic carbocycles. The van der Waals surface area contributed by atoms with Crippen LogP contribution in [0.2, 0.25) is 0 Å². The molecule has 1 N–H and O–H groups in total. The van der Waals surface area contributed by atoms with E-state index in [2.05, 4.69) is 5.32 Å². The Hall–Kier alpha value is -1.89. The van der Waals surface area contributed by atoms with E-state index in [4.69, 9.17) is 0 Å². The molecule has 0 bridgehead atoms. The summed E-state index contributed by atoms with van der Waals surface area (Å²) in [6.07, 6.45) is 0.378. The largest absolute Gasteiger partial charge is 0.353 e. The van der Waals surface area contributed by atoms with Gasteiger partial charge in [0.25, 0.3) is 0 Å². The zero-order valence-corrected chi connectivity index (χ0v) is 14.2. The Morgan fingerprint density at radius 1 is 1.30 bits per heavy atom. The van der Waals surface area contributed by atoms with Crippen LogP contribution in [0.25, 0.3) is 0 Å². The zero-order chi connectivity index (χ0) is 17.0. The smallest absolute Gasteiger partial charge is 0.242 e. The first-order valence-electron chi connectivity index (χ1n) is 7.68. The lowest BCUT2D eigenvalue weighted by molar-refractivity contribution is -0.142. The molecule has 1 fully saturated rings. The quantitative estimate of drug-likeness (QED) is 0.864. The number of nitrogens with zero attached hydrogens (tertiary/aromatic N) is 1. The van der Waals surface area contributed by atoms with Crippen molar-refractivity contribution in [2.45, 2.75) is 37.6 Å². The molecule has 0 saturated carbocycles. The van der Waals surface area contributed by atoms with Crippen LogP contribution in [0.15, 0.2) is 29.2 Å². The fourth-order valence-corrected chi connectivity index (χ4v) is 3.85. The molecule has 1 saturated heterocycles. The number of hydrogen-bond acceptors (Lipinski definition) is 4. The highest BCUT2D eigenvalue weighted by atomic mass is 32.2. The van der Waals surface area contributed by atoms with Gasteiger partial charge in [-0.2, -0.15) is 0 Å². The van der Waals surface area contributed by atoms with Crippen LogP contribution in [-0.4, -0.2) is 50.0 Å². The number of hydrogen-bond donors (Lipinski definition) is 1. The maximum atomic E-state index is 12.2. The van der Waals surface area contributed by atoms with Gasteiger partial charge in [0.2, 0.25) is 11.8 Å². The summed E-state index contributed by atoms with van der Waals surface area (Å²) in [6.45, 7) is 4.48. The second-order valence-electron chi connectivity index (χ2n) is 5.79. The summed E-state index contributed by atoms with van der Waals surface area (Å²) in [5.41, 5.74) is 0.997. The Morgan fingerprint density at radius 2 is 1.96 bits per heavy atom. The van der Waals surface area contributed by atoms with Crippen LogP contribution in [-0.2, 0) is 19.4 Å². The van der Waals surface area contributed by atoms with Crippen molar-refractivity contribution in [2.75, 3.05) is 18.8 Å². The van der Waals surface area contributed by atoms with Crippen LogP contribution in [0.1, 0.15) is 25.3 Å². The van der Waals surface area contributed by atoms with Gasteiger partial charge in [0.15, 0.2) is 9.84 Å². The first-order valence-corrected chi connectivity index (χ1v) is 9.33. The van der Waals surface area contributed by atoms with Crippen molar-refractivity contribution >= 4 is 21.7 Å². The van der Waals surface area contributed by atoms with E-state index >= 15 is 0 Å². The van der Waals surface area contributed by atoms with E-state index in [-0.39, 0.29) is 35.3 Å². The minimum Gasteiger partial charge on any atom is -0.353 e. The standard InChI is InChI=1S/C16H22N2O4S/c1-12-5-7-14(8-6-12)23(21,22)11-3-4-15(19)18-10-9-17-16(20)13(18)2/h5-8,13H,3-4,9-11H2,1-2H3,(H,17,20). The van der Waals surface area contributed by atoms with Crippen LogP contribution < -0.4 is 5.32 Å². The highest BCUT2D eigenvalue weighted by Gasteiger charge is 2.29. The van der Waals surface area contributed by atoms with Crippen molar-refractivity contribution in [1.82, 2.24) is 10.2 Å². The molecule has 1 unspecified atom stereocenters. The van der Waals surface area contributed by atoms with Gasteiger partial charge in [0.1, 0.15) is 6.04 Å². The van der Waals surface area contributed by atoms with Crippen molar-refractivity contribution in [3.05, 3.63) is 29.8 Å². The van der Waals surface area contributed by atoms with Gasteiger partial charge < -0.3 is 10.2 Å². The van der Waals surface area contributed by atoms with Crippen LogP contribution in [0.4, 0.5) is 0 Å². The van der Waals surface area contributed by atoms with E-state index < -0.39 is 15.9 Å². The number of sulfone groups is 1. The highest BCUT2D eigenvalue weighted by molar-refractivity contribution is 7.91. The fourth-order valence-electron chi connectivity index (χ4n) is 2.54. The van der Waals surface area contributed by atoms with Gasteiger partial charge in [-0.1, -0.05) is 17.7 Å². The van der Waals surface area contributed by atoms with E-state index in [0.717, 1.165) is 5.56 Å². The summed E-state index contributed by atoms with van der Waals surface area (Å²) in [7, 11) is -3.38. The van der Waals surface area contributed by atoms with Crippen LogP contribution >= 0.6 is 0 Å². The van der Waals surface area contributed by atoms with Crippen LogP contribution in [0, 0.1) is 6.92 Å². The van der Waals surface area contributed by atoms with E-state index in [1.165, 1.54) is 4.90 Å². The molecular weight excluding hydrogens is 316 g/mol. The number of amides is 2. The maximum absolute atomic E-state index is 12.2. The van der Waals surface area contributed by atoms with Gasteiger partial charge in [0.05, 0.1) is 10.6 Å². The number of aryl methyl sites for hydroxylation is 1. The third kappa shape index (κ3) is 4.31. The van der Waals surface area contributed by atoms with Gasteiger partial charge >= 0.3 is 0 Å². The Balaban J connectivity index is 1.90. The molecule has 2 amide bonds. The highest BCUT2D eigenvalue weighted by Crippen LogP contribution is 2.15. The summed E-state index contributed by atoms with van der Waals surface area (Å²) in [6, 6.07) is 6.19. The molecule has 23 heavy (non-hydrogen) atoms. The molecule has 0 radical (unpaired) electrons. The molecule has 1 aliphatic heterocycles. The fraction of sp³-hybridized carbons (Fsp3) is 0.500. The van der Waals surface area contributed by atoms with Crippen molar-refractivity contribution in [2.24, 2.45) is 0 Å². The lowest BCUT2D eigenvalue weighted by Crippen LogP contribution is -2.55. The number of carbonyl (C=O) groups is 2. The van der Waals surface area contributed by atoms with Crippen LogP contribution in [0.3, 0.4) is 0 Å². The average molecular weight is 338 g/mol. The summed E-state index contributed by atoms with van der Waals surface area (Å²) < 4.78 is 24.5. The molecule has 7 heteroatoms. The third-order valence-corrected chi connectivity index (χ3v) is 5.82. The minimum atomic E-state index is -3.38. The summed E-state index contributed by atoms with van der Waals surface area (Å²) in [5, 5.41) is 2.69. The predicted molar refractivity (Wildman–Crippen MR) is 86.7 cm³/mol. The average Bonchev–Trinajstić information content (AvgIpc) is 2.50. The van der Waals surface area contributed by atoms with E-state index in [1.807, 2.05) is 6.92 Å². The van der Waals surface area contributed by atoms with Crippen molar-refractivity contribution < 1.29 is 18.0 Å². The molecular formula is C16H22N2O4S. The van der Waals surface area contributed by atoms with Crippen LogP contribution in [0.5, 0.6) is 0 Å². The topological polar surface area (TPSA) is 83.6 Å². The Bertz CT molecular complexity index is 683. The molecule has 1 aromatic rings. The normalized spacial score (nSPS) is 18.6. The van der Waals surface area contributed by atoms with Gasteiger partial charge in [-0.25, -0.2) is 8.42 Å². The van der Waals surface area contributed by atoms with Crippen molar-refractivity contribution in [1.29, 1.82) is 0 Å². The van der Waals surface area contributed by atoms with Gasteiger partial charge in [-0.15, -0.1) is 0 Å². The molecule has 1 atom stereocenters. The van der Waals surface area contributed by atoms with Crippen molar-refractivity contribution in [3.63, 3.8) is 0 Å². The lowest BCUT2D eigenvalue weighted by Gasteiger charge is -2.32. The molecule has 1 aliphatic rings. The number of nitrogens with one attached hydrogen (secondary N) is 1. The molecule has 2 rings (SSSR count). The number of rotatable bonds is 5. The number of piperazine rings is 1. The van der Waals surface area contributed by atoms with Gasteiger partial charge in [-0.05, 0) is 32.4 Å². The second kappa shape index (κ2) is 7.12. The number of benzene rings is 1. The summed E-state index contributed by atoms with van der Waals surface area (Å²) in [4.78, 5) is 25.5. The molecule has 0 spiro atoms. The Labute approximate surface area is 136 Å². The molecule has 1 aromatic carbocycles. The minimum absolute atomic E-state index is 0.0732. The molecule has 1 heterocycles. The molecule has 126 valence electrons. The summed E-state index contributed by atoms with van der Waals surface area (Å²) >= 11 is 0. The lowest BCUT2D eigenvalue weighted by atomic mass is 10.2. The maximum Gasteiger partial charge on any atom is 0.242 e. The van der Waals surface area contributed by atoms with E-state index in [9.17, 15) is 18.0 Å². The Morgan fingerprint density at radius 3 is 2.61 bits per heavy atom. The first-order chi connectivity index (χ1) is 10.8. The van der Waals surface area contributed by atoms with Crippen molar-refractivity contribution in [3.8, 4) is 0 Å². The first kappa shape index (κ1) is 17.5. The molecule has 6 nitrogen and oxygen atoms in total. The van der Waals surface area contributed by atoms with E-state index in [1.54, 1.807) is 31.2 Å². The second-order valence-corrected chi connectivity index (χ2v) is 7.90. The monoisotopic (exact) mass is 338 g/mol. The summed E-state index contributed by atoms with van der Waals surface area (Å²) in [5.74, 6) is -0.417. The van der Waals surface area contributed by atoms with Gasteiger partial charge in [-0.3, -0.25) is 9.59 Å².